The van der Waals surface area contributed by atoms with E-state index in [9.17, 15) is 4.79 Å². The minimum absolute atomic E-state index is 0.0602. The number of rotatable bonds is 8. The lowest BCUT2D eigenvalue weighted by Crippen LogP contribution is -2.15. The van der Waals surface area contributed by atoms with Crippen LogP contribution in [0.1, 0.15) is 24.3 Å². The van der Waals surface area contributed by atoms with E-state index in [2.05, 4.69) is 0 Å². The number of carboxylic acid groups (broad SMARTS) is 1. The third-order valence-corrected chi connectivity index (χ3v) is 3.09. The minimum atomic E-state index is -0.940. The van der Waals surface area contributed by atoms with Crippen LogP contribution in [0, 0.1) is 0 Å². The van der Waals surface area contributed by atoms with Crippen molar-refractivity contribution in [3.05, 3.63) is 28.0 Å². The third kappa shape index (κ3) is 5.95. The molecule has 1 aromatic rings. The first-order valence-electron chi connectivity index (χ1n) is 5.79. The van der Waals surface area contributed by atoms with Crippen molar-refractivity contribution in [2.24, 2.45) is 0 Å². The van der Waals surface area contributed by atoms with Gasteiger partial charge in [0.15, 0.2) is 0 Å². The van der Waals surface area contributed by atoms with Crippen LogP contribution in [0.3, 0.4) is 0 Å². The van der Waals surface area contributed by atoms with Crippen LogP contribution in [-0.2, 0) is 20.9 Å². The normalized spacial score (nSPS) is 13.0. The van der Waals surface area contributed by atoms with Crippen LogP contribution in [0.2, 0.25) is 0 Å². The second kappa shape index (κ2) is 8.02. The smallest absolute Gasteiger partial charge is 0.328 e. The summed E-state index contributed by atoms with van der Waals surface area (Å²) in [5.41, 5.74) is 0.887. The molecule has 1 N–H and O–H groups in total. The molecule has 0 aliphatic carbocycles. The van der Waals surface area contributed by atoms with Crippen LogP contribution in [0.4, 0.5) is 0 Å². The first-order valence-corrected chi connectivity index (χ1v) is 6.67. The molecule has 4 nitrogen and oxygen atoms in total. The molecule has 0 bridgehead atoms. The van der Waals surface area contributed by atoms with Crippen molar-refractivity contribution >= 4 is 23.4 Å². The summed E-state index contributed by atoms with van der Waals surface area (Å²) >= 11 is 1.56. The van der Waals surface area contributed by atoms with Gasteiger partial charge in [-0.2, -0.15) is 0 Å². The molecule has 0 aromatic carbocycles. The van der Waals surface area contributed by atoms with Crippen molar-refractivity contribution < 1.29 is 19.4 Å². The Balaban J connectivity index is 2.37. The van der Waals surface area contributed by atoms with E-state index in [4.69, 9.17) is 14.6 Å². The summed E-state index contributed by atoms with van der Waals surface area (Å²) in [7, 11) is 0. The molecule has 1 unspecified atom stereocenters. The molecule has 0 aliphatic rings. The molecule has 1 aromatic heterocycles. The summed E-state index contributed by atoms with van der Waals surface area (Å²) in [4.78, 5) is 11.4. The quantitative estimate of drug-likeness (QED) is 0.738. The molecule has 0 spiro atoms. The fourth-order valence-electron chi connectivity index (χ4n) is 1.28. The van der Waals surface area contributed by atoms with Crippen molar-refractivity contribution in [2.75, 3.05) is 13.2 Å². The van der Waals surface area contributed by atoms with E-state index < -0.39 is 5.97 Å². The second-order valence-corrected chi connectivity index (χ2v) is 4.79. The van der Waals surface area contributed by atoms with Gasteiger partial charge >= 0.3 is 5.97 Å². The molecule has 1 atom stereocenters. The Morgan fingerprint density at radius 2 is 2.39 bits per heavy atom. The number of ether oxygens (including phenoxy) is 2. The van der Waals surface area contributed by atoms with Crippen LogP contribution in [0.5, 0.6) is 0 Å². The average molecular weight is 270 g/mol. The SMILES string of the molecule is CCOCC(C)OCc1cc(/C=C/C(=O)O)cs1. The molecule has 1 heterocycles. The molecule has 18 heavy (non-hydrogen) atoms. The molecule has 0 amide bonds. The number of aliphatic carboxylic acids is 1. The summed E-state index contributed by atoms with van der Waals surface area (Å²) in [6.45, 7) is 5.73. The highest BCUT2D eigenvalue weighted by Gasteiger charge is 2.04. The van der Waals surface area contributed by atoms with Crippen molar-refractivity contribution in [2.45, 2.75) is 26.6 Å². The van der Waals surface area contributed by atoms with Gasteiger partial charge in [0.25, 0.3) is 0 Å². The fourth-order valence-corrected chi connectivity index (χ4v) is 2.06. The van der Waals surface area contributed by atoms with E-state index in [0.717, 1.165) is 16.5 Å². The van der Waals surface area contributed by atoms with E-state index in [1.165, 1.54) is 0 Å². The van der Waals surface area contributed by atoms with Crippen molar-refractivity contribution in [3.63, 3.8) is 0 Å². The number of hydrogen-bond acceptors (Lipinski definition) is 4. The number of thiophene rings is 1. The standard InChI is InChI=1S/C13H18O4S/c1-3-16-7-10(2)17-8-12-6-11(9-18-12)4-5-13(14)15/h4-6,9-10H,3,7-8H2,1-2H3,(H,14,15)/b5-4+. The zero-order chi connectivity index (χ0) is 13.4. The Morgan fingerprint density at radius 1 is 1.61 bits per heavy atom. The van der Waals surface area contributed by atoms with Gasteiger partial charge in [-0.25, -0.2) is 4.79 Å². The fraction of sp³-hybridized carbons (Fsp3) is 0.462. The second-order valence-electron chi connectivity index (χ2n) is 3.80. The topological polar surface area (TPSA) is 55.8 Å². The van der Waals surface area contributed by atoms with Gasteiger partial charge in [0, 0.05) is 17.6 Å². The molecular weight excluding hydrogens is 252 g/mol. The van der Waals surface area contributed by atoms with Crippen LogP contribution < -0.4 is 0 Å². The predicted octanol–water partition coefficient (Wildman–Crippen LogP) is 2.79. The first-order chi connectivity index (χ1) is 8.61. The Hall–Kier alpha value is -1.17. The summed E-state index contributed by atoms with van der Waals surface area (Å²) in [6, 6.07) is 1.93. The molecule has 100 valence electrons. The van der Waals surface area contributed by atoms with E-state index in [1.54, 1.807) is 17.4 Å². The summed E-state index contributed by atoms with van der Waals surface area (Å²) in [5, 5.41) is 10.4. The van der Waals surface area contributed by atoms with Gasteiger partial charge in [0.05, 0.1) is 19.3 Å². The molecule has 0 aliphatic heterocycles. The highest BCUT2D eigenvalue weighted by molar-refractivity contribution is 7.10. The maximum absolute atomic E-state index is 10.4. The third-order valence-electron chi connectivity index (χ3n) is 2.16. The van der Waals surface area contributed by atoms with Gasteiger partial charge in [-0.1, -0.05) is 0 Å². The Labute approximate surface area is 111 Å². The van der Waals surface area contributed by atoms with Crippen LogP contribution in [0.15, 0.2) is 17.5 Å². The van der Waals surface area contributed by atoms with Gasteiger partial charge in [0.1, 0.15) is 0 Å². The highest BCUT2D eigenvalue weighted by Crippen LogP contribution is 2.17. The highest BCUT2D eigenvalue weighted by atomic mass is 32.1. The Morgan fingerprint density at radius 3 is 3.06 bits per heavy atom. The summed E-state index contributed by atoms with van der Waals surface area (Å²) in [6.07, 6.45) is 2.76. The van der Waals surface area contributed by atoms with Crippen LogP contribution in [0.25, 0.3) is 6.08 Å². The number of carboxylic acids is 1. The van der Waals surface area contributed by atoms with Crippen molar-refractivity contribution in [3.8, 4) is 0 Å². The minimum Gasteiger partial charge on any atom is -0.478 e. The molecule has 0 fully saturated rings. The van der Waals surface area contributed by atoms with Gasteiger partial charge in [-0.05, 0) is 36.9 Å². The number of hydrogen-bond donors (Lipinski definition) is 1. The van der Waals surface area contributed by atoms with Gasteiger partial charge in [-0.15, -0.1) is 11.3 Å². The number of carbonyl (C=O) groups is 1. The lowest BCUT2D eigenvalue weighted by atomic mass is 10.3. The average Bonchev–Trinajstić information content (AvgIpc) is 2.79. The van der Waals surface area contributed by atoms with Crippen LogP contribution in [-0.4, -0.2) is 30.4 Å². The van der Waals surface area contributed by atoms with Crippen molar-refractivity contribution in [1.29, 1.82) is 0 Å². The van der Waals surface area contributed by atoms with Gasteiger partial charge in [-0.3, -0.25) is 0 Å². The van der Waals surface area contributed by atoms with E-state index in [0.29, 0.717) is 19.8 Å². The lowest BCUT2D eigenvalue weighted by molar-refractivity contribution is -0.131. The van der Waals surface area contributed by atoms with E-state index in [-0.39, 0.29) is 6.10 Å². The maximum atomic E-state index is 10.4. The Bertz CT molecular complexity index is 397. The lowest BCUT2D eigenvalue weighted by Gasteiger charge is -2.11. The summed E-state index contributed by atoms with van der Waals surface area (Å²) in [5.74, 6) is -0.940. The zero-order valence-electron chi connectivity index (χ0n) is 10.6. The van der Waals surface area contributed by atoms with Gasteiger partial charge < -0.3 is 14.6 Å². The largest absolute Gasteiger partial charge is 0.478 e. The summed E-state index contributed by atoms with van der Waals surface area (Å²) < 4.78 is 10.9. The Kier molecular flexibility index (Phi) is 6.64. The molecule has 0 saturated carbocycles. The van der Waals surface area contributed by atoms with E-state index in [1.807, 2.05) is 25.3 Å². The predicted molar refractivity (Wildman–Crippen MR) is 71.7 cm³/mol. The first kappa shape index (κ1) is 14.9. The monoisotopic (exact) mass is 270 g/mol. The molecular formula is C13H18O4S. The van der Waals surface area contributed by atoms with Gasteiger partial charge in [0.2, 0.25) is 0 Å². The molecule has 0 radical (unpaired) electrons. The van der Waals surface area contributed by atoms with Crippen LogP contribution >= 0.6 is 11.3 Å². The molecule has 5 heteroatoms. The molecule has 1 rings (SSSR count). The van der Waals surface area contributed by atoms with Crippen molar-refractivity contribution in [1.82, 2.24) is 0 Å². The zero-order valence-corrected chi connectivity index (χ0v) is 11.4. The maximum Gasteiger partial charge on any atom is 0.328 e. The molecule has 0 saturated heterocycles. The van der Waals surface area contributed by atoms with E-state index >= 15 is 0 Å².